The van der Waals surface area contributed by atoms with Crippen molar-refractivity contribution >= 4 is 37.6 Å². The third-order valence-electron chi connectivity index (χ3n) is 3.04. The topological polar surface area (TPSA) is 51.2 Å². The molecule has 22 heavy (non-hydrogen) atoms. The smallest absolute Gasteiger partial charge is 0.185 e. The Kier molecular flexibility index (Phi) is 5.32. The molecule has 0 bridgehead atoms. The molecule has 0 aliphatic carbocycles. The number of carbonyl (C=O) groups is 1. The number of halogens is 1. The highest BCUT2D eigenvalue weighted by molar-refractivity contribution is 9.10. The van der Waals surface area contributed by atoms with Gasteiger partial charge in [0.25, 0.3) is 0 Å². The molecule has 2 rings (SSSR count). The van der Waals surface area contributed by atoms with Crippen molar-refractivity contribution in [3.05, 3.63) is 70.2 Å². The Balaban J connectivity index is 2.07. The van der Waals surface area contributed by atoms with Crippen molar-refractivity contribution < 1.29 is 13.2 Å². The fourth-order valence-electron chi connectivity index (χ4n) is 1.83. The van der Waals surface area contributed by atoms with Gasteiger partial charge in [0.1, 0.15) is 5.75 Å². The van der Waals surface area contributed by atoms with Gasteiger partial charge in [0.05, 0.1) is 4.90 Å². The Morgan fingerprint density at radius 3 is 2.23 bits per heavy atom. The molecule has 0 spiro atoms. The second kappa shape index (κ2) is 7.03. The van der Waals surface area contributed by atoms with Gasteiger partial charge in [-0.05, 0) is 42.8 Å². The summed E-state index contributed by atoms with van der Waals surface area (Å²) in [5.74, 6) is -0.966. The summed E-state index contributed by atoms with van der Waals surface area (Å²) in [6, 6.07) is 13.9. The number of sulfone groups is 1. The first-order valence-corrected chi connectivity index (χ1v) is 9.07. The number of hydrogen-bond acceptors (Lipinski definition) is 3. The lowest BCUT2D eigenvalue weighted by molar-refractivity contribution is -0.112. The van der Waals surface area contributed by atoms with Crippen molar-refractivity contribution in [2.45, 2.75) is 11.8 Å². The van der Waals surface area contributed by atoms with Crippen molar-refractivity contribution in [2.24, 2.45) is 0 Å². The van der Waals surface area contributed by atoms with Gasteiger partial charge in [0, 0.05) is 4.47 Å². The van der Waals surface area contributed by atoms with Crippen LogP contribution >= 0.6 is 15.9 Å². The lowest BCUT2D eigenvalue weighted by Gasteiger charge is -2.02. The van der Waals surface area contributed by atoms with Crippen LogP contribution in [0.15, 0.2) is 64.0 Å². The zero-order chi connectivity index (χ0) is 16.2. The van der Waals surface area contributed by atoms with Crippen LogP contribution in [0, 0.1) is 6.92 Å². The summed E-state index contributed by atoms with van der Waals surface area (Å²) in [6.07, 6.45) is 2.91. The van der Waals surface area contributed by atoms with Gasteiger partial charge in [-0.1, -0.05) is 51.8 Å². The Morgan fingerprint density at radius 2 is 1.64 bits per heavy atom. The molecule has 0 saturated heterocycles. The molecule has 0 fully saturated rings. The van der Waals surface area contributed by atoms with Crippen LogP contribution in [-0.4, -0.2) is 20.0 Å². The molecule has 0 radical (unpaired) electrons. The second-order valence-electron chi connectivity index (χ2n) is 4.92. The maximum atomic E-state index is 12.1. The van der Waals surface area contributed by atoms with E-state index in [2.05, 4.69) is 15.9 Å². The fourth-order valence-corrected chi connectivity index (χ4v) is 3.28. The standard InChI is InChI=1S/C17H15BrO3S/c1-13-2-10-17(11-3-13)22(20,21)12-16(19)9-6-14-4-7-15(18)8-5-14/h2-11H,12H2,1H3/b9-6+. The Hall–Kier alpha value is -1.72. The molecule has 114 valence electrons. The van der Waals surface area contributed by atoms with Crippen molar-refractivity contribution in [2.75, 3.05) is 5.75 Å². The highest BCUT2D eigenvalue weighted by Crippen LogP contribution is 2.14. The predicted molar refractivity (Wildman–Crippen MR) is 91.4 cm³/mol. The fraction of sp³-hybridized carbons (Fsp3) is 0.118. The minimum absolute atomic E-state index is 0.170. The molecule has 0 unspecified atom stereocenters. The summed E-state index contributed by atoms with van der Waals surface area (Å²) >= 11 is 3.33. The van der Waals surface area contributed by atoms with E-state index < -0.39 is 21.4 Å². The van der Waals surface area contributed by atoms with E-state index in [1.54, 1.807) is 18.2 Å². The molecule has 2 aromatic rings. The molecule has 0 aromatic heterocycles. The number of rotatable bonds is 5. The summed E-state index contributed by atoms with van der Waals surface area (Å²) in [6.45, 7) is 1.88. The first kappa shape index (κ1) is 16.6. The molecule has 0 aliphatic rings. The highest BCUT2D eigenvalue weighted by atomic mass is 79.9. The average molecular weight is 379 g/mol. The van der Waals surface area contributed by atoms with Crippen LogP contribution in [-0.2, 0) is 14.6 Å². The van der Waals surface area contributed by atoms with Crippen LogP contribution in [0.2, 0.25) is 0 Å². The SMILES string of the molecule is Cc1ccc(S(=O)(=O)CC(=O)/C=C/c2ccc(Br)cc2)cc1. The van der Waals surface area contributed by atoms with Gasteiger partial charge in [0.15, 0.2) is 15.6 Å². The van der Waals surface area contributed by atoms with Crippen molar-refractivity contribution in [3.63, 3.8) is 0 Å². The van der Waals surface area contributed by atoms with Crippen LogP contribution in [0.5, 0.6) is 0 Å². The van der Waals surface area contributed by atoms with E-state index in [4.69, 9.17) is 0 Å². The number of allylic oxidation sites excluding steroid dienone is 1. The largest absolute Gasteiger partial charge is 0.294 e. The molecular weight excluding hydrogens is 364 g/mol. The molecule has 0 N–H and O–H groups in total. The monoisotopic (exact) mass is 378 g/mol. The van der Waals surface area contributed by atoms with E-state index in [9.17, 15) is 13.2 Å². The van der Waals surface area contributed by atoms with Crippen LogP contribution in [0.3, 0.4) is 0 Å². The summed E-state index contributed by atoms with van der Waals surface area (Å²) in [5, 5.41) is 0. The van der Waals surface area contributed by atoms with Crippen LogP contribution in [0.4, 0.5) is 0 Å². The molecule has 0 saturated carbocycles. The van der Waals surface area contributed by atoms with Crippen LogP contribution < -0.4 is 0 Å². The molecular formula is C17H15BrO3S. The van der Waals surface area contributed by atoms with E-state index >= 15 is 0 Å². The Morgan fingerprint density at radius 1 is 1.05 bits per heavy atom. The number of hydrogen-bond donors (Lipinski definition) is 0. The van der Waals surface area contributed by atoms with Gasteiger partial charge in [-0.25, -0.2) is 8.42 Å². The first-order chi connectivity index (χ1) is 10.4. The number of aryl methyl sites for hydroxylation is 1. The quantitative estimate of drug-likeness (QED) is 0.743. The highest BCUT2D eigenvalue weighted by Gasteiger charge is 2.17. The third kappa shape index (κ3) is 4.64. The van der Waals surface area contributed by atoms with Gasteiger partial charge in [-0.2, -0.15) is 0 Å². The van der Waals surface area contributed by atoms with Gasteiger partial charge in [-0.3, -0.25) is 4.79 Å². The molecule has 5 heteroatoms. The Bertz CT molecular complexity index is 789. The molecule has 0 atom stereocenters. The summed E-state index contributed by atoms with van der Waals surface area (Å²) in [4.78, 5) is 12.0. The minimum atomic E-state index is -3.60. The first-order valence-electron chi connectivity index (χ1n) is 6.63. The molecule has 0 amide bonds. The minimum Gasteiger partial charge on any atom is -0.294 e. The number of ketones is 1. The van der Waals surface area contributed by atoms with E-state index in [-0.39, 0.29) is 4.90 Å². The van der Waals surface area contributed by atoms with E-state index in [1.165, 1.54) is 18.2 Å². The average Bonchev–Trinajstić information content (AvgIpc) is 2.46. The van der Waals surface area contributed by atoms with Crippen LogP contribution in [0.25, 0.3) is 6.08 Å². The van der Waals surface area contributed by atoms with Gasteiger partial charge in [0.2, 0.25) is 0 Å². The number of benzene rings is 2. The second-order valence-corrected chi connectivity index (χ2v) is 7.83. The summed E-state index contributed by atoms with van der Waals surface area (Å²) in [7, 11) is -3.60. The van der Waals surface area contributed by atoms with Crippen molar-refractivity contribution in [1.29, 1.82) is 0 Å². The lowest BCUT2D eigenvalue weighted by atomic mass is 10.2. The summed E-state index contributed by atoms with van der Waals surface area (Å²) in [5.41, 5.74) is 1.81. The molecule has 3 nitrogen and oxygen atoms in total. The van der Waals surface area contributed by atoms with Crippen molar-refractivity contribution in [3.8, 4) is 0 Å². The van der Waals surface area contributed by atoms with E-state index in [1.807, 2.05) is 31.2 Å². The maximum Gasteiger partial charge on any atom is 0.185 e. The van der Waals surface area contributed by atoms with Gasteiger partial charge < -0.3 is 0 Å². The lowest BCUT2D eigenvalue weighted by Crippen LogP contribution is -2.14. The molecule has 0 aliphatic heterocycles. The zero-order valence-corrected chi connectivity index (χ0v) is 14.4. The third-order valence-corrected chi connectivity index (χ3v) is 5.23. The predicted octanol–water partition coefficient (Wildman–Crippen LogP) is 3.81. The van der Waals surface area contributed by atoms with E-state index in [0.29, 0.717) is 0 Å². The van der Waals surface area contributed by atoms with Crippen molar-refractivity contribution in [1.82, 2.24) is 0 Å². The number of carbonyl (C=O) groups excluding carboxylic acids is 1. The molecule has 2 aromatic carbocycles. The van der Waals surface area contributed by atoms with Crippen LogP contribution in [0.1, 0.15) is 11.1 Å². The Labute approximate surface area is 138 Å². The normalized spacial score (nSPS) is 11.7. The molecule has 0 heterocycles. The maximum absolute atomic E-state index is 12.1. The van der Waals surface area contributed by atoms with Gasteiger partial charge >= 0.3 is 0 Å². The summed E-state index contributed by atoms with van der Waals surface area (Å²) < 4.78 is 25.2. The zero-order valence-electron chi connectivity index (χ0n) is 12.0. The van der Waals surface area contributed by atoms with Gasteiger partial charge in [-0.15, -0.1) is 0 Å². The van der Waals surface area contributed by atoms with E-state index in [0.717, 1.165) is 15.6 Å².